The van der Waals surface area contributed by atoms with Gasteiger partial charge in [-0.05, 0) is 30.3 Å². The SMILES string of the molecule is O=C1OC(c2ccc(Cl)cc2)=NC1=Cc1ccc([N+](=O)[O-])o1. The largest absolute Gasteiger partial charge is 0.433 e. The van der Waals surface area contributed by atoms with E-state index < -0.39 is 16.8 Å². The zero-order valence-electron chi connectivity index (χ0n) is 10.9. The normalized spacial score (nSPS) is 15.8. The molecule has 0 fully saturated rings. The summed E-state index contributed by atoms with van der Waals surface area (Å²) in [5.41, 5.74) is 0.584. The van der Waals surface area contributed by atoms with Gasteiger partial charge in [-0.15, -0.1) is 0 Å². The first-order chi connectivity index (χ1) is 10.5. The van der Waals surface area contributed by atoms with Gasteiger partial charge >= 0.3 is 11.9 Å². The average Bonchev–Trinajstić information content (AvgIpc) is 3.08. The number of furan rings is 1. The predicted molar refractivity (Wildman–Crippen MR) is 77.4 cm³/mol. The van der Waals surface area contributed by atoms with Crippen molar-refractivity contribution in [3.8, 4) is 0 Å². The molecule has 1 aromatic carbocycles. The van der Waals surface area contributed by atoms with Gasteiger partial charge in [0, 0.05) is 16.7 Å². The fraction of sp³-hybridized carbons (Fsp3) is 0. The first-order valence-electron chi connectivity index (χ1n) is 6.05. The Bertz CT molecular complexity index is 820. The number of rotatable bonds is 3. The van der Waals surface area contributed by atoms with E-state index in [1.54, 1.807) is 24.3 Å². The fourth-order valence-electron chi connectivity index (χ4n) is 1.78. The van der Waals surface area contributed by atoms with Crippen LogP contribution in [-0.4, -0.2) is 16.8 Å². The van der Waals surface area contributed by atoms with Gasteiger partial charge in [0.15, 0.2) is 5.70 Å². The number of ether oxygens (including phenoxy) is 1. The zero-order valence-corrected chi connectivity index (χ0v) is 11.6. The van der Waals surface area contributed by atoms with Crippen LogP contribution in [-0.2, 0) is 9.53 Å². The zero-order chi connectivity index (χ0) is 15.7. The van der Waals surface area contributed by atoms with Crippen molar-refractivity contribution >= 4 is 35.4 Å². The maximum absolute atomic E-state index is 11.8. The molecule has 0 amide bonds. The number of esters is 1. The lowest BCUT2D eigenvalue weighted by Gasteiger charge is -1.98. The van der Waals surface area contributed by atoms with Crippen LogP contribution in [0.3, 0.4) is 0 Å². The molecule has 22 heavy (non-hydrogen) atoms. The van der Waals surface area contributed by atoms with Gasteiger partial charge in [-0.2, -0.15) is 0 Å². The first-order valence-corrected chi connectivity index (χ1v) is 6.43. The number of benzene rings is 1. The standard InChI is InChI=1S/C14H7ClN2O5/c15-9-3-1-8(2-4-9)13-16-11(14(18)22-13)7-10-5-6-12(21-10)17(19)20/h1-7H. The molecule has 8 heteroatoms. The molecule has 0 radical (unpaired) electrons. The molecule has 0 saturated carbocycles. The lowest BCUT2D eigenvalue weighted by atomic mass is 10.2. The lowest BCUT2D eigenvalue weighted by molar-refractivity contribution is -0.402. The van der Waals surface area contributed by atoms with Crippen molar-refractivity contribution in [2.45, 2.75) is 0 Å². The van der Waals surface area contributed by atoms with E-state index in [9.17, 15) is 14.9 Å². The Hall–Kier alpha value is -2.93. The van der Waals surface area contributed by atoms with Crippen molar-refractivity contribution in [1.82, 2.24) is 0 Å². The minimum atomic E-state index is -0.669. The Morgan fingerprint density at radius 1 is 1.18 bits per heavy atom. The van der Waals surface area contributed by atoms with Gasteiger partial charge in [-0.25, -0.2) is 9.79 Å². The molecular weight excluding hydrogens is 312 g/mol. The third-order valence-corrected chi connectivity index (χ3v) is 3.04. The molecule has 0 atom stereocenters. The Kier molecular flexibility index (Phi) is 3.48. The number of cyclic esters (lactones) is 1. The van der Waals surface area contributed by atoms with Crippen LogP contribution in [0.5, 0.6) is 0 Å². The van der Waals surface area contributed by atoms with Crippen LogP contribution in [0.2, 0.25) is 5.02 Å². The summed E-state index contributed by atoms with van der Waals surface area (Å²) in [4.78, 5) is 25.7. The van der Waals surface area contributed by atoms with E-state index in [0.29, 0.717) is 10.6 Å². The van der Waals surface area contributed by atoms with Gasteiger partial charge < -0.3 is 9.15 Å². The molecule has 2 aromatic rings. The summed E-state index contributed by atoms with van der Waals surface area (Å²) in [6.07, 6.45) is 1.28. The topological polar surface area (TPSA) is 94.9 Å². The van der Waals surface area contributed by atoms with Crippen molar-refractivity contribution in [1.29, 1.82) is 0 Å². The summed E-state index contributed by atoms with van der Waals surface area (Å²) in [5.74, 6) is -0.808. The molecule has 0 N–H and O–H groups in total. The maximum Gasteiger partial charge on any atom is 0.433 e. The average molecular weight is 319 g/mol. The molecule has 0 saturated heterocycles. The molecule has 1 aliphatic rings. The molecule has 0 spiro atoms. The highest BCUT2D eigenvalue weighted by Crippen LogP contribution is 2.23. The summed E-state index contributed by atoms with van der Waals surface area (Å²) in [5, 5.41) is 11.1. The molecule has 2 heterocycles. The Labute approximate surface area is 128 Å². The smallest absolute Gasteiger partial charge is 0.402 e. The highest BCUT2D eigenvalue weighted by molar-refractivity contribution is 6.30. The van der Waals surface area contributed by atoms with Crippen LogP contribution >= 0.6 is 11.6 Å². The maximum atomic E-state index is 11.8. The van der Waals surface area contributed by atoms with Crippen molar-refractivity contribution in [3.05, 3.63) is 68.6 Å². The second-order valence-electron chi connectivity index (χ2n) is 4.28. The third kappa shape index (κ3) is 2.75. The van der Waals surface area contributed by atoms with Gasteiger partial charge in [0.1, 0.15) is 10.7 Å². The van der Waals surface area contributed by atoms with Crippen LogP contribution in [0, 0.1) is 10.1 Å². The second-order valence-corrected chi connectivity index (χ2v) is 4.71. The molecule has 1 aliphatic heterocycles. The molecule has 3 rings (SSSR count). The number of carbonyl (C=O) groups excluding carboxylic acids is 1. The van der Waals surface area contributed by atoms with E-state index in [2.05, 4.69) is 4.99 Å². The van der Waals surface area contributed by atoms with E-state index in [-0.39, 0.29) is 17.4 Å². The van der Waals surface area contributed by atoms with Crippen LogP contribution in [0.25, 0.3) is 6.08 Å². The lowest BCUT2D eigenvalue weighted by Crippen LogP contribution is -2.05. The summed E-state index contributed by atoms with van der Waals surface area (Å²) < 4.78 is 9.99. The van der Waals surface area contributed by atoms with E-state index in [4.69, 9.17) is 20.8 Å². The number of carbonyl (C=O) groups is 1. The number of hydrogen-bond donors (Lipinski definition) is 0. The highest BCUT2D eigenvalue weighted by Gasteiger charge is 2.25. The molecule has 110 valence electrons. The Balaban J connectivity index is 1.90. The van der Waals surface area contributed by atoms with E-state index in [1.165, 1.54) is 18.2 Å². The number of hydrogen-bond acceptors (Lipinski definition) is 6. The quantitative estimate of drug-likeness (QED) is 0.375. The number of aliphatic imine (C=N–C) groups is 1. The highest BCUT2D eigenvalue weighted by atomic mass is 35.5. The Morgan fingerprint density at radius 2 is 1.91 bits per heavy atom. The van der Waals surface area contributed by atoms with Gasteiger partial charge in [-0.3, -0.25) is 10.1 Å². The van der Waals surface area contributed by atoms with Crippen LogP contribution in [0.1, 0.15) is 11.3 Å². The summed E-state index contributed by atoms with van der Waals surface area (Å²) in [6, 6.07) is 9.17. The van der Waals surface area contributed by atoms with Crippen molar-refractivity contribution in [2.75, 3.05) is 0 Å². The van der Waals surface area contributed by atoms with E-state index in [1.807, 2.05) is 0 Å². The molecule has 0 bridgehead atoms. The van der Waals surface area contributed by atoms with E-state index >= 15 is 0 Å². The molecule has 0 unspecified atom stereocenters. The second kappa shape index (κ2) is 5.45. The molecule has 0 aliphatic carbocycles. The number of nitro groups is 1. The number of nitrogens with zero attached hydrogens (tertiary/aromatic N) is 2. The summed E-state index contributed by atoms with van der Waals surface area (Å²) >= 11 is 5.78. The molecular formula is C14H7ClN2O5. The number of halogens is 1. The predicted octanol–water partition coefficient (Wildman–Crippen LogP) is 3.19. The monoisotopic (exact) mass is 318 g/mol. The van der Waals surface area contributed by atoms with Crippen molar-refractivity contribution in [2.24, 2.45) is 4.99 Å². The third-order valence-electron chi connectivity index (χ3n) is 2.78. The van der Waals surface area contributed by atoms with Crippen molar-refractivity contribution < 1.29 is 18.9 Å². The van der Waals surface area contributed by atoms with E-state index in [0.717, 1.165) is 0 Å². The Morgan fingerprint density at radius 3 is 2.55 bits per heavy atom. The summed E-state index contributed by atoms with van der Waals surface area (Å²) in [7, 11) is 0. The van der Waals surface area contributed by atoms with Gasteiger partial charge in [0.05, 0.1) is 6.07 Å². The summed E-state index contributed by atoms with van der Waals surface area (Å²) in [6.45, 7) is 0. The van der Waals surface area contributed by atoms with Crippen LogP contribution < -0.4 is 0 Å². The minimum Gasteiger partial charge on any atom is -0.402 e. The fourth-order valence-corrected chi connectivity index (χ4v) is 1.90. The first kappa shape index (κ1) is 14.0. The van der Waals surface area contributed by atoms with Crippen molar-refractivity contribution in [3.63, 3.8) is 0 Å². The van der Waals surface area contributed by atoms with Gasteiger partial charge in [0.2, 0.25) is 5.90 Å². The van der Waals surface area contributed by atoms with Crippen LogP contribution in [0.4, 0.5) is 5.88 Å². The molecule has 1 aromatic heterocycles. The van der Waals surface area contributed by atoms with Gasteiger partial charge in [-0.1, -0.05) is 11.6 Å². The van der Waals surface area contributed by atoms with Gasteiger partial charge in [0.25, 0.3) is 0 Å². The minimum absolute atomic E-state index is 0.00537. The van der Waals surface area contributed by atoms with Crippen LogP contribution in [0.15, 0.2) is 51.5 Å². The molecule has 7 nitrogen and oxygen atoms in total.